The summed E-state index contributed by atoms with van der Waals surface area (Å²) >= 11 is 0. The topological polar surface area (TPSA) is 87.1 Å². The lowest BCUT2D eigenvalue weighted by molar-refractivity contribution is -0.140. The molecule has 1 amide bonds. The second-order valence-corrected chi connectivity index (χ2v) is 6.30. The van der Waals surface area contributed by atoms with E-state index in [4.69, 9.17) is 4.74 Å². The van der Waals surface area contributed by atoms with Gasteiger partial charge in [0, 0.05) is 25.8 Å². The number of aliphatic hydroxyl groups excluding tert-OH is 1. The molecule has 0 bridgehead atoms. The zero-order valence-corrected chi connectivity index (χ0v) is 15.0. The van der Waals surface area contributed by atoms with Crippen LogP contribution in [0.15, 0.2) is 60.2 Å². The van der Waals surface area contributed by atoms with Crippen LogP contribution in [0.5, 0.6) is 5.75 Å². The highest BCUT2D eigenvalue weighted by Gasteiger charge is 2.45. The third-order valence-electron chi connectivity index (χ3n) is 4.54. The summed E-state index contributed by atoms with van der Waals surface area (Å²) in [7, 11) is 1.57. The van der Waals surface area contributed by atoms with Crippen molar-refractivity contribution >= 4 is 17.4 Å². The van der Waals surface area contributed by atoms with Crippen LogP contribution in [0.4, 0.5) is 0 Å². The number of phenolic OH excluding ortho intramolecular Hbond substituents is 1. The SMILES string of the molecule is COCCCN1C(=O)C(=O)C(=C(O)c2ccccc2)[C@H]1c1ccc(O)cc1. The van der Waals surface area contributed by atoms with Gasteiger partial charge in [0.15, 0.2) is 0 Å². The highest BCUT2D eigenvalue weighted by Crippen LogP contribution is 2.39. The summed E-state index contributed by atoms with van der Waals surface area (Å²) in [6.45, 7) is 0.763. The quantitative estimate of drug-likeness (QED) is 0.355. The van der Waals surface area contributed by atoms with Crippen LogP contribution in [0.2, 0.25) is 0 Å². The number of hydrogen-bond donors (Lipinski definition) is 2. The number of carbonyl (C=O) groups is 2. The standard InChI is InChI=1S/C21H21NO5/c1-27-13-5-12-22-18(14-8-10-16(23)11-9-14)17(20(25)21(22)26)19(24)15-6-3-2-4-7-15/h2-4,6-11,18,23-24H,5,12-13H2,1H3/t18-/m1/s1. The number of benzene rings is 2. The Morgan fingerprint density at radius 2 is 1.74 bits per heavy atom. The van der Waals surface area contributed by atoms with Gasteiger partial charge in [0.1, 0.15) is 11.5 Å². The zero-order chi connectivity index (χ0) is 19.4. The summed E-state index contributed by atoms with van der Waals surface area (Å²) in [6, 6.07) is 14.2. The second kappa shape index (κ2) is 8.05. The maximum absolute atomic E-state index is 12.7. The van der Waals surface area contributed by atoms with E-state index in [-0.39, 0.29) is 17.1 Å². The summed E-state index contributed by atoms with van der Waals surface area (Å²) < 4.78 is 5.05. The fourth-order valence-corrected chi connectivity index (χ4v) is 3.24. The lowest BCUT2D eigenvalue weighted by Crippen LogP contribution is -2.31. The van der Waals surface area contributed by atoms with Crippen molar-refractivity contribution in [3.8, 4) is 5.75 Å². The van der Waals surface area contributed by atoms with E-state index in [0.29, 0.717) is 30.7 Å². The molecule has 1 saturated heterocycles. The molecule has 0 spiro atoms. The van der Waals surface area contributed by atoms with Crippen LogP contribution in [0.1, 0.15) is 23.6 Å². The molecule has 2 aromatic carbocycles. The molecule has 27 heavy (non-hydrogen) atoms. The van der Waals surface area contributed by atoms with Crippen LogP contribution in [-0.2, 0) is 14.3 Å². The van der Waals surface area contributed by atoms with Gasteiger partial charge in [0.25, 0.3) is 11.7 Å². The van der Waals surface area contributed by atoms with Gasteiger partial charge in [0.05, 0.1) is 11.6 Å². The molecule has 0 radical (unpaired) electrons. The molecule has 140 valence electrons. The van der Waals surface area contributed by atoms with Crippen molar-refractivity contribution in [1.82, 2.24) is 4.90 Å². The highest BCUT2D eigenvalue weighted by atomic mass is 16.5. The number of phenols is 1. The minimum Gasteiger partial charge on any atom is -0.508 e. The number of aliphatic hydroxyl groups is 1. The van der Waals surface area contributed by atoms with E-state index in [9.17, 15) is 19.8 Å². The highest BCUT2D eigenvalue weighted by molar-refractivity contribution is 6.46. The van der Waals surface area contributed by atoms with Crippen LogP contribution >= 0.6 is 0 Å². The van der Waals surface area contributed by atoms with Gasteiger partial charge in [-0.25, -0.2) is 0 Å². The average Bonchev–Trinajstić information content (AvgIpc) is 2.94. The van der Waals surface area contributed by atoms with Gasteiger partial charge < -0.3 is 19.8 Å². The molecular formula is C21H21NO5. The first-order valence-corrected chi connectivity index (χ1v) is 8.66. The molecule has 6 heteroatoms. The molecule has 0 unspecified atom stereocenters. The van der Waals surface area contributed by atoms with E-state index >= 15 is 0 Å². The fourth-order valence-electron chi connectivity index (χ4n) is 3.24. The monoisotopic (exact) mass is 367 g/mol. The normalized spacial score (nSPS) is 18.9. The van der Waals surface area contributed by atoms with Crippen molar-refractivity contribution in [2.45, 2.75) is 12.5 Å². The smallest absolute Gasteiger partial charge is 0.295 e. The van der Waals surface area contributed by atoms with Crippen molar-refractivity contribution in [3.05, 3.63) is 71.3 Å². The molecule has 0 aromatic heterocycles. The van der Waals surface area contributed by atoms with Gasteiger partial charge in [-0.1, -0.05) is 42.5 Å². The van der Waals surface area contributed by atoms with Gasteiger partial charge in [-0.05, 0) is 24.1 Å². The number of Topliss-reactive ketones (excluding diaryl/α,β-unsaturated/α-hetero) is 1. The number of hydrogen-bond acceptors (Lipinski definition) is 5. The van der Waals surface area contributed by atoms with E-state index < -0.39 is 17.7 Å². The Kier molecular flexibility index (Phi) is 5.57. The largest absolute Gasteiger partial charge is 0.508 e. The number of amides is 1. The maximum Gasteiger partial charge on any atom is 0.295 e. The Bertz CT molecular complexity index is 858. The molecule has 1 heterocycles. The van der Waals surface area contributed by atoms with E-state index in [2.05, 4.69) is 0 Å². The van der Waals surface area contributed by atoms with Crippen LogP contribution in [0.3, 0.4) is 0 Å². The summed E-state index contributed by atoms with van der Waals surface area (Å²) in [5.74, 6) is -1.49. The number of rotatable bonds is 6. The molecule has 2 N–H and O–H groups in total. The lowest BCUT2D eigenvalue weighted by atomic mass is 9.95. The fraction of sp³-hybridized carbons (Fsp3) is 0.238. The van der Waals surface area contributed by atoms with Gasteiger partial charge >= 0.3 is 0 Å². The van der Waals surface area contributed by atoms with Gasteiger partial charge in [0.2, 0.25) is 0 Å². The Hall–Kier alpha value is -3.12. The summed E-state index contributed by atoms with van der Waals surface area (Å²) in [5, 5.41) is 20.4. The van der Waals surface area contributed by atoms with Gasteiger partial charge in [-0.3, -0.25) is 9.59 Å². The molecule has 0 aliphatic carbocycles. The summed E-state index contributed by atoms with van der Waals surface area (Å²) in [5.41, 5.74) is 1.16. The predicted octanol–water partition coefficient (Wildman–Crippen LogP) is 2.85. The van der Waals surface area contributed by atoms with Crippen molar-refractivity contribution in [1.29, 1.82) is 0 Å². The Labute approximate surface area is 157 Å². The Morgan fingerprint density at radius 1 is 1.07 bits per heavy atom. The molecule has 1 fully saturated rings. The summed E-state index contributed by atoms with van der Waals surface area (Å²) in [4.78, 5) is 26.8. The second-order valence-electron chi connectivity index (χ2n) is 6.30. The van der Waals surface area contributed by atoms with E-state index in [1.54, 1.807) is 49.6 Å². The first-order valence-electron chi connectivity index (χ1n) is 8.66. The lowest BCUT2D eigenvalue weighted by Gasteiger charge is -2.25. The van der Waals surface area contributed by atoms with E-state index in [0.717, 1.165) is 0 Å². The average molecular weight is 367 g/mol. The van der Waals surface area contributed by atoms with Crippen LogP contribution in [-0.4, -0.2) is 47.1 Å². The number of nitrogens with zero attached hydrogens (tertiary/aromatic N) is 1. The van der Waals surface area contributed by atoms with Crippen molar-refractivity contribution in [3.63, 3.8) is 0 Å². The summed E-state index contributed by atoms with van der Waals surface area (Å²) in [6.07, 6.45) is 0.559. The van der Waals surface area contributed by atoms with Crippen molar-refractivity contribution < 1.29 is 24.5 Å². The minimum atomic E-state index is -0.720. The minimum absolute atomic E-state index is 0.0503. The van der Waals surface area contributed by atoms with Crippen molar-refractivity contribution in [2.24, 2.45) is 0 Å². The molecule has 2 aromatic rings. The predicted molar refractivity (Wildman–Crippen MR) is 100 cm³/mol. The van der Waals surface area contributed by atoms with E-state index in [1.807, 2.05) is 0 Å². The third kappa shape index (κ3) is 3.71. The number of methoxy groups -OCH3 is 1. The maximum atomic E-state index is 12.7. The number of aromatic hydroxyl groups is 1. The van der Waals surface area contributed by atoms with Gasteiger partial charge in [-0.2, -0.15) is 0 Å². The zero-order valence-electron chi connectivity index (χ0n) is 15.0. The van der Waals surface area contributed by atoms with E-state index in [1.165, 1.54) is 17.0 Å². The third-order valence-corrected chi connectivity index (χ3v) is 4.54. The van der Waals surface area contributed by atoms with Crippen LogP contribution in [0.25, 0.3) is 5.76 Å². The number of likely N-dealkylation sites (tertiary alicyclic amines) is 1. The van der Waals surface area contributed by atoms with Gasteiger partial charge in [-0.15, -0.1) is 0 Å². The number of ether oxygens (including phenoxy) is 1. The van der Waals surface area contributed by atoms with Crippen LogP contribution in [0, 0.1) is 0 Å². The molecule has 0 saturated carbocycles. The first kappa shape index (κ1) is 18.7. The number of ketones is 1. The molecular weight excluding hydrogens is 346 g/mol. The first-order chi connectivity index (χ1) is 13.0. The van der Waals surface area contributed by atoms with Crippen LogP contribution < -0.4 is 0 Å². The molecule has 3 rings (SSSR count). The Balaban J connectivity index is 2.10. The molecule has 1 aliphatic rings. The molecule has 1 aliphatic heterocycles. The molecule has 6 nitrogen and oxygen atoms in total. The number of carbonyl (C=O) groups excluding carboxylic acids is 2. The van der Waals surface area contributed by atoms with Crippen molar-refractivity contribution in [2.75, 3.05) is 20.3 Å². The Morgan fingerprint density at radius 3 is 2.37 bits per heavy atom. The molecule has 1 atom stereocenters.